The molecule has 0 bridgehead atoms. The van der Waals surface area contributed by atoms with Crippen molar-refractivity contribution in [3.63, 3.8) is 0 Å². The van der Waals surface area contributed by atoms with E-state index >= 15 is 0 Å². The highest BCUT2D eigenvalue weighted by Crippen LogP contribution is 2.20. The van der Waals surface area contributed by atoms with Crippen molar-refractivity contribution in [2.75, 3.05) is 5.75 Å². The van der Waals surface area contributed by atoms with E-state index in [0.29, 0.717) is 17.7 Å². The molecule has 0 aliphatic rings. The Kier molecular flexibility index (Phi) is 3.92. The number of aryl methyl sites for hydroxylation is 2. The maximum absolute atomic E-state index is 5.38. The zero-order chi connectivity index (χ0) is 11.4. The van der Waals surface area contributed by atoms with Gasteiger partial charge < -0.3 is 10.2 Å². The Morgan fingerprint density at radius 1 is 1.50 bits per heavy atom. The molecule has 0 aromatic carbocycles. The van der Waals surface area contributed by atoms with Crippen molar-refractivity contribution in [2.45, 2.75) is 25.1 Å². The smallest absolute Gasteiger partial charge is 0.276 e. The fourth-order valence-corrected chi connectivity index (χ4v) is 2.82. The molecule has 2 aromatic heterocycles. The van der Waals surface area contributed by atoms with E-state index < -0.39 is 0 Å². The van der Waals surface area contributed by atoms with Gasteiger partial charge in [-0.1, -0.05) is 11.8 Å². The van der Waals surface area contributed by atoms with Crippen LogP contribution in [0.25, 0.3) is 0 Å². The topological polar surface area (TPSA) is 77.8 Å². The average Bonchev–Trinajstić information content (AvgIpc) is 2.89. The second kappa shape index (κ2) is 5.42. The first-order chi connectivity index (χ1) is 7.79. The molecule has 0 unspecified atom stereocenters. The van der Waals surface area contributed by atoms with Gasteiger partial charge in [0.25, 0.3) is 5.22 Å². The fraction of sp³-hybridized carbons (Fsp3) is 0.444. The van der Waals surface area contributed by atoms with E-state index in [0.717, 1.165) is 17.9 Å². The zero-order valence-corrected chi connectivity index (χ0v) is 10.5. The summed E-state index contributed by atoms with van der Waals surface area (Å²) in [5, 5.41) is 8.26. The van der Waals surface area contributed by atoms with Gasteiger partial charge in [-0.3, -0.25) is 0 Å². The van der Waals surface area contributed by atoms with Crippen LogP contribution in [0.5, 0.6) is 0 Å². The first kappa shape index (κ1) is 11.6. The number of hydrogen-bond donors (Lipinski definition) is 1. The fourth-order valence-electron chi connectivity index (χ4n) is 1.18. The monoisotopic (exact) mass is 256 g/mol. The van der Waals surface area contributed by atoms with Crippen LogP contribution in [0.1, 0.15) is 16.5 Å². The molecule has 0 spiro atoms. The van der Waals surface area contributed by atoms with E-state index in [1.165, 1.54) is 4.88 Å². The van der Waals surface area contributed by atoms with Gasteiger partial charge in [0, 0.05) is 10.6 Å². The normalized spacial score (nSPS) is 10.9. The van der Waals surface area contributed by atoms with Gasteiger partial charge in [-0.2, -0.15) is 0 Å². The predicted octanol–water partition coefficient (Wildman–Crippen LogP) is 1.63. The molecule has 0 saturated heterocycles. The molecule has 16 heavy (non-hydrogen) atoms. The third kappa shape index (κ3) is 2.81. The standard InChI is InChI=1S/C9H12N4OS2/c1-6-7(16-5-11-6)2-3-15-9-13-12-8(4-10)14-9/h5H,2-4,10H2,1H3. The lowest BCUT2D eigenvalue weighted by Gasteiger charge is -1.95. The number of rotatable bonds is 5. The van der Waals surface area contributed by atoms with Crippen molar-refractivity contribution in [2.24, 2.45) is 5.73 Å². The molecule has 7 heteroatoms. The number of nitrogens with two attached hydrogens (primary N) is 1. The van der Waals surface area contributed by atoms with Crippen LogP contribution in [-0.4, -0.2) is 20.9 Å². The van der Waals surface area contributed by atoms with Gasteiger partial charge in [-0.15, -0.1) is 21.5 Å². The molecule has 2 rings (SSSR count). The molecule has 0 atom stereocenters. The van der Waals surface area contributed by atoms with Crippen molar-refractivity contribution < 1.29 is 4.42 Å². The molecular weight excluding hydrogens is 244 g/mol. The maximum Gasteiger partial charge on any atom is 0.276 e. The largest absolute Gasteiger partial charge is 0.415 e. The van der Waals surface area contributed by atoms with E-state index in [1.807, 2.05) is 12.4 Å². The Hall–Kier alpha value is -0.920. The van der Waals surface area contributed by atoms with Crippen LogP contribution in [0.4, 0.5) is 0 Å². The summed E-state index contributed by atoms with van der Waals surface area (Å²) >= 11 is 3.23. The van der Waals surface area contributed by atoms with Crippen LogP contribution in [0, 0.1) is 6.92 Å². The number of nitrogens with zero attached hydrogens (tertiary/aromatic N) is 3. The second-order valence-electron chi connectivity index (χ2n) is 3.13. The predicted molar refractivity (Wildman–Crippen MR) is 63.5 cm³/mol. The maximum atomic E-state index is 5.38. The van der Waals surface area contributed by atoms with Crippen LogP contribution < -0.4 is 5.73 Å². The summed E-state index contributed by atoms with van der Waals surface area (Å²) in [6.07, 6.45) is 0.974. The average molecular weight is 256 g/mol. The van der Waals surface area contributed by atoms with E-state index in [1.54, 1.807) is 23.1 Å². The number of hydrogen-bond acceptors (Lipinski definition) is 7. The molecule has 0 aliphatic heterocycles. The van der Waals surface area contributed by atoms with Crippen molar-refractivity contribution >= 4 is 23.1 Å². The summed E-state index contributed by atoms with van der Waals surface area (Å²) in [5.41, 5.74) is 8.36. The lowest BCUT2D eigenvalue weighted by molar-refractivity contribution is 0.415. The summed E-state index contributed by atoms with van der Waals surface area (Å²) in [4.78, 5) is 5.51. The summed E-state index contributed by atoms with van der Waals surface area (Å²) in [7, 11) is 0. The molecule has 2 heterocycles. The quantitative estimate of drug-likeness (QED) is 0.819. The molecule has 2 aromatic rings. The third-order valence-electron chi connectivity index (χ3n) is 2.02. The van der Waals surface area contributed by atoms with E-state index in [2.05, 4.69) is 15.2 Å². The van der Waals surface area contributed by atoms with Crippen molar-refractivity contribution in [3.05, 3.63) is 22.0 Å². The summed E-state index contributed by atoms with van der Waals surface area (Å²) in [5.74, 6) is 1.39. The van der Waals surface area contributed by atoms with E-state index in [4.69, 9.17) is 10.2 Å². The highest BCUT2D eigenvalue weighted by Gasteiger charge is 2.06. The second-order valence-corrected chi connectivity index (χ2v) is 5.11. The molecule has 0 radical (unpaired) electrons. The lowest BCUT2D eigenvalue weighted by Crippen LogP contribution is -1.95. The number of thioether (sulfide) groups is 1. The first-order valence-corrected chi connectivity index (χ1v) is 6.70. The van der Waals surface area contributed by atoms with Crippen LogP contribution in [0.3, 0.4) is 0 Å². The molecule has 5 nitrogen and oxygen atoms in total. The molecule has 0 fully saturated rings. The Bertz CT molecular complexity index is 454. The molecule has 0 amide bonds. The highest BCUT2D eigenvalue weighted by atomic mass is 32.2. The summed E-state index contributed by atoms with van der Waals surface area (Å²) in [6, 6.07) is 0. The number of aromatic nitrogens is 3. The Morgan fingerprint density at radius 3 is 3.00 bits per heavy atom. The highest BCUT2D eigenvalue weighted by molar-refractivity contribution is 7.99. The summed E-state index contributed by atoms with van der Waals surface area (Å²) in [6.45, 7) is 2.32. The molecule has 0 aliphatic carbocycles. The Morgan fingerprint density at radius 2 is 2.38 bits per heavy atom. The van der Waals surface area contributed by atoms with Crippen molar-refractivity contribution in [1.82, 2.24) is 15.2 Å². The van der Waals surface area contributed by atoms with Crippen LogP contribution in [-0.2, 0) is 13.0 Å². The van der Waals surface area contributed by atoms with Crippen molar-refractivity contribution in [3.8, 4) is 0 Å². The van der Waals surface area contributed by atoms with Crippen molar-refractivity contribution in [1.29, 1.82) is 0 Å². The molecule has 0 saturated carbocycles. The third-order valence-corrected chi connectivity index (χ3v) is 3.84. The lowest BCUT2D eigenvalue weighted by atomic mass is 10.3. The SMILES string of the molecule is Cc1ncsc1CCSc1nnc(CN)o1. The van der Waals surface area contributed by atoms with Crippen LogP contribution >= 0.6 is 23.1 Å². The van der Waals surface area contributed by atoms with Gasteiger partial charge >= 0.3 is 0 Å². The van der Waals surface area contributed by atoms with Gasteiger partial charge in [0.05, 0.1) is 17.7 Å². The molecule has 86 valence electrons. The van der Waals surface area contributed by atoms with Crippen LogP contribution in [0.15, 0.2) is 15.2 Å². The minimum atomic E-state index is 0.293. The van der Waals surface area contributed by atoms with Gasteiger partial charge in [0.1, 0.15) is 0 Å². The Balaban J connectivity index is 1.82. The van der Waals surface area contributed by atoms with Gasteiger partial charge in [-0.05, 0) is 13.3 Å². The van der Waals surface area contributed by atoms with E-state index in [-0.39, 0.29) is 0 Å². The minimum Gasteiger partial charge on any atom is -0.415 e. The van der Waals surface area contributed by atoms with Gasteiger partial charge in [0.2, 0.25) is 5.89 Å². The minimum absolute atomic E-state index is 0.293. The number of thiazole rings is 1. The van der Waals surface area contributed by atoms with Gasteiger partial charge in [-0.25, -0.2) is 4.98 Å². The van der Waals surface area contributed by atoms with Gasteiger partial charge in [0.15, 0.2) is 0 Å². The van der Waals surface area contributed by atoms with Crippen LogP contribution in [0.2, 0.25) is 0 Å². The molecule has 2 N–H and O–H groups in total. The summed E-state index contributed by atoms with van der Waals surface area (Å²) < 4.78 is 5.29. The molecular formula is C9H12N4OS2. The van der Waals surface area contributed by atoms with E-state index in [9.17, 15) is 0 Å². The zero-order valence-electron chi connectivity index (χ0n) is 8.84. The first-order valence-electron chi connectivity index (χ1n) is 4.84. The Labute approximate surface area is 101 Å².